The van der Waals surface area contributed by atoms with E-state index in [9.17, 15) is 14.4 Å². The summed E-state index contributed by atoms with van der Waals surface area (Å²) < 4.78 is 5.01. The minimum atomic E-state index is -0.972. The van der Waals surface area contributed by atoms with Crippen LogP contribution in [0.2, 0.25) is 0 Å². The molecule has 37 heavy (non-hydrogen) atoms. The monoisotopic (exact) mass is 504 g/mol. The van der Waals surface area contributed by atoms with Crippen LogP contribution in [0.4, 0.5) is 0 Å². The lowest BCUT2D eigenvalue weighted by Crippen LogP contribution is -2.38. The van der Waals surface area contributed by atoms with Crippen LogP contribution in [-0.2, 0) is 24.0 Å². The van der Waals surface area contributed by atoms with Crippen molar-refractivity contribution in [1.29, 1.82) is 0 Å². The Balaban J connectivity index is 2.47. The van der Waals surface area contributed by atoms with E-state index < -0.39 is 23.9 Å². The highest BCUT2D eigenvalue weighted by atomic mass is 16.7. The summed E-state index contributed by atoms with van der Waals surface area (Å²) in [5.41, 5.74) is 5.74. The molecule has 0 aromatic heterocycles. The van der Waals surface area contributed by atoms with Crippen molar-refractivity contribution in [2.75, 3.05) is 0 Å². The van der Waals surface area contributed by atoms with Gasteiger partial charge >= 0.3 is 11.9 Å². The van der Waals surface area contributed by atoms with Crippen molar-refractivity contribution >= 4 is 24.1 Å². The number of carboxylic acid groups (broad SMARTS) is 1. The Kier molecular flexibility index (Phi) is 14.5. The third kappa shape index (κ3) is 15.7. The normalized spacial score (nSPS) is 17.5. The number of aliphatic carboxylic acids is 1. The Bertz CT molecular complexity index is 1150. The van der Waals surface area contributed by atoms with Crippen LogP contribution in [0.1, 0.15) is 27.7 Å². The van der Waals surface area contributed by atoms with Gasteiger partial charge in [-0.25, -0.2) is 9.59 Å². The molecule has 0 aromatic carbocycles. The van der Waals surface area contributed by atoms with Crippen molar-refractivity contribution in [1.82, 2.24) is 5.48 Å². The van der Waals surface area contributed by atoms with Gasteiger partial charge in [-0.2, -0.15) is 5.48 Å². The molecule has 0 saturated carbocycles. The number of aliphatic imine (C=N–C) groups is 1. The molecule has 1 rings (SSSR count). The Hall–Kier alpha value is -4.72. The fourth-order valence-electron chi connectivity index (χ4n) is 2.38. The van der Waals surface area contributed by atoms with Crippen LogP contribution in [0, 0.1) is 0 Å². The van der Waals surface area contributed by atoms with Gasteiger partial charge < -0.3 is 14.7 Å². The molecule has 1 amide bonds. The second kappa shape index (κ2) is 17.7. The van der Waals surface area contributed by atoms with Gasteiger partial charge in [0.25, 0.3) is 5.91 Å². The maximum atomic E-state index is 11.8. The average Bonchev–Trinajstić information content (AvgIpc) is 2.87. The molecule has 2 N–H and O–H groups in total. The van der Waals surface area contributed by atoms with E-state index in [1.807, 2.05) is 93.9 Å². The molecule has 8 nitrogen and oxygen atoms in total. The lowest BCUT2D eigenvalue weighted by Gasteiger charge is -2.12. The largest absolute Gasteiger partial charge is 0.481 e. The topological polar surface area (TPSA) is 114 Å². The lowest BCUT2D eigenvalue weighted by molar-refractivity contribution is -0.155. The molecule has 1 aliphatic heterocycles. The predicted octanol–water partition coefficient (Wildman–Crippen LogP) is 5.15. The summed E-state index contributed by atoms with van der Waals surface area (Å²) in [6.07, 6.45) is 27.4. The maximum absolute atomic E-state index is 11.8. The van der Waals surface area contributed by atoms with E-state index in [4.69, 9.17) is 9.84 Å². The molecule has 0 bridgehead atoms. The summed E-state index contributed by atoms with van der Waals surface area (Å²) in [4.78, 5) is 42.4. The number of carboxylic acids is 1. The number of nitrogens with one attached hydrogen (secondary N) is 1. The molecular weight excluding hydrogens is 472 g/mol. The zero-order chi connectivity index (χ0) is 27.5. The number of carbonyl (C=O) groups excluding carboxylic acids is 2. The molecule has 0 spiro atoms. The van der Waals surface area contributed by atoms with Crippen LogP contribution in [0.15, 0.2) is 125 Å². The third-order valence-electron chi connectivity index (χ3n) is 4.34. The number of hydroxylamine groups is 1. The third-order valence-corrected chi connectivity index (χ3v) is 4.34. The first-order valence-electron chi connectivity index (χ1n) is 11.3. The van der Waals surface area contributed by atoms with Gasteiger partial charge in [-0.3, -0.25) is 9.79 Å². The molecule has 0 aliphatic carbocycles. The predicted molar refractivity (Wildman–Crippen MR) is 145 cm³/mol. The van der Waals surface area contributed by atoms with E-state index in [0.717, 1.165) is 28.4 Å². The van der Waals surface area contributed by atoms with Gasteiger partial charge in [-0.05, 0) is 27.7 Å². The molecule has 8 heteroatoms. The zero-order valence-electron chi connectivity index (χ0n) is 21.3. The number of hydrogen-bond donors (Lipinski definition) is 2. The van der Waals surface area contributed by atoms with Crippen LogP contribution < -0.4 is 5.48 Å². The maximum Gasteiger partial charge on any atom is 0.355 e. The molecule has 0 radical (unpaired) electrons. The van der Waals surface area contributed by atoms with Crippen LogP contribution in [0.25, 0.3) is 0 Å². The van der Waals surface area contributed by atoms with Crippen molar-refractivity contribution < 1.29 is 29.1 Å². The van der Waals surface area contributed by atoms with Gasteiger partial charge in [-0.1, -0.05) is 95.2 Å². The van der Waals surface area contributed by atoms with Crippen molar-refractivity contribution in [2.45, 2.75) is 33.8 Å². The van der Waals surface area contributed by atoms with Gasteiger partial charge in [-0.15, -0.1) is 0 Å². The molecule has 1 unspecified atom stereocenters. The standard InChI is InChI=1S/C29H32N2O6/c1-22(11-7-13-24(3)15-17-27(32)33)9-5-6-10-23(2)12-8-14-25(4)16-18-28(34)37-31-29(35)26-21-30-19-20-36-26/h5-21,26H,1-4H3,(H,31,35)(H,32,33)/b6-5+,11-7+,12-8+,17-15+,18-16+,22-9+,23-10+,24-13-,25-14+. The van der Waals surface area contributed by atoms with Crippen LogP contribution in [0.5, 0.6) is 0 Å². The summed E-state index contributed by atoms with van der Waals surface area (Å²) in [6.45, 7) is 7.58. The summed E-state index contributed by atoms with van der Waals surface area (Å²) in [6, 6.07) is 0. The minimum Gasteiger partial charge on any atom is -0.481 e. The Morgan fingerprint density at radius 1 is 0.784 bits per heavy atom. The number of amides is 1. The number of rotatable bonds is 11. The second-order valence-electron chi connectivity index (χ2n) is 7.78. The molecule has 1 aliphatic rings. The fourth-order valence-corrected chi connectivity index (χ4v) is 2.38. The number of hydrogen-bond acceptors (Lipinski definition) is 6. The number of allylic oxidation sites excluding steroid dienone is 16. The molecule has 1 heterocycles. The van der Waals surface area contributed by atoms with E-state index >= 15 is 0 Å². The average molecular weight is 505 g/mol. The van der Waals surface area contributed by atoms with Crippen molar-refractivity contribution in [3.05, 3.63) is 120 Å². The fraction of sp³-hybridized carbons (Fsp3) is 0.172. The van der Waals surface area contributed by atoms with Gasteiger partial charge in [0.05, 0.1) is 12.4 Å². The molecule has 1 atom stereocenters. The SMILES string of the molecule is CC(=C/C=C/C(C)=C/C=C/C=C(C)/C=C/C=C(C)/C=C/C(=O)ONC(=O)C1C=NC=CO1)/C=C/C(=O)O. The molecule has 194 valence electrons. The van der Waals surface area contributed by atoms with Crippen LogP contribution in [0.3, 0.4) is 0 Å². The second-order valence-corrected chi connectivity index (χ2v) is 7.78. The summed E-state index contributed by atoms with van der Waals surface area (Å²) in [5, 5.41) is 8.61. The minimum absolute atomic E-state index is 0.640. The van der Waals surface area contributed by atoms with Crippen molar-refractivity contribution in [2.24, 2.45) is 4.99 Å². The van der Waals surface area contributed by atoms with Gasteiger partial charge in [0.2, 0.25) is 6.10 Å². The first-order chi connectivity index (χ1) is 17.7. The van der Waals surface area contributed by atoms with E-state index in [-0.39, 0.29) is 0 Å². The smallest absolute Gasteiger partial charge is 0.355 e. The quantitative estimate of drug-likeness (QED) is 0.228. The van der Waals surface area contributed by atoms with Crippen LogP contribution in [-0.4, -0.2) is 35.3 Å². The first kappa shape index (κ1) is 30.3. The van der Waals surface area contributed by atoms with Gasteiger partial charge in [0.15, 0.2) is 0 Å². The lowest BCUT2D eigenvalue weighted by atomic mass is 10.2. The van der Waals surface area contributed by atoms with E-state index in [1.54, 1.807) is 12.2 Å². The number of ether oxygens (including phenoxy) is 1. The Morgan fingerprint density at radius 2 is 1.30 bits per heavy atom. The van der Waals surface area contributed by atoms with Gasteiger partial charge in [0.1, 0.15) is 6.26 Å². The first-order valence-corrected chi connectivity index (χ1v) is 11.3. The highest BCUT2D eigenvalue weighted by molar-refractivity contribution is 5.97. The Labute approximate surface area is 217 Å². The number of carbonyl (C=O) groups is 3. The summed E-state index contributed by atoms with van der Waals surface area (Å²) in [7, 11) is 0. The van der Waals surface area contributed by atoms with Crippen LogP contribution >= 0.6 is 0 Å². The van der Waals surface area contributed by atoms with Crippen molar-refractivity contribution in [3.8, 4) is 0 Å². The van der Waals surface area contributed by atoms with E-state index in [1.165, 1.54) is 24.8 Å². The molecular formula is C29H32N2O6. The number of nitrogens with zero attached hydrogens (tertiary/aromatic N) is 1. The highest BCUT2D eigenvalue weighted by Crippen LogP contribution is 2.03. The molecule has 0 fully saturated rings. The summed E-state index contributed by atoms with van der Waals surface area (Å²) >= 11 is 0. The molecule has 0 saturated heterocycles. The highest BCUT2D eigenvalue weighted by Gasteiger charge is 2.19. The van der Waals surface area contributed by atoms with Crippen molar-refractivity contribution in [3.63, 3.8) is 0 Å². The molecule has 0 aromatic rings. The zero-order valence-corrected chi connectivity index (χ0v) is 21.3. The van der Waals surface area contributed by atoms with E-state index in [0.29, 0.717) is 0 Å². The summed E-state index contributed by atoms with van der Waals surface area (Å²) in [5.74, 6) is -2.34. The Morgan fingerprint density at radius 3 is 1.81 bits per heavy atom. The van der Waals surface area contributed by atoms with Gasteiger partial charge in [0, 0.05) is 12.2 Å². The van der Waals surface area contributed by atoms with E-state index in [2.05, 4.69) is 9.83 Å².